The highest BCUT2D eigenvalue weighted by molar-refractivity contribution is 6.04. The van der Waals surface area contributed by atoms with Gasteiger partial charge in [0, 0.05) is 0 Å². The molecule has 0 aromatic carbocycles. The summed E-state index contributed by atoms with van der Waals surface area (Å²) in [6, 6.07) is -0.290. The third-order valence-corrected chi connectivity index (χ3v) is 1.87. The Balaban J connectivity index is 2.48. The van der Waals surface area contributed by atoms with Crippen molar-refractivity contribution in [2.45, 2.75) is 13.0 Å². The van der Waals surface area contributed by atoms with E-state index in [4.69, 9.17) is 5.73 Å². The lowest BCUT2D eigenvalue weighted by Crippen LogP contribution is -2.37. The van der Waals surface area contributed by atoms with Gasteiger partial charge in [-0.25, -0.2) is 9.97 Å². The molecule has 6 nitrogen and oxygen atoms in total. The van der Waals surface area contributed by atoms with Crippen LogP contribution in [-0.4, -0.2) is 21.9 Å². The van der Waals surface area contributed by atoms with Gasteiger partial charge in [-0.15, -0.1) is 0 Å². The smallest absolute Gasteiger partial charge is 0.246 e. The van der Waals surface area contributed by atoms with Crippen molar-refractivity contribution in [3.8, 4) is 0 Å². The molecule has 0 saturated heterocycles. The average molecular weight is 179 g/mol. The SMILES string of the molecule is C[C@@H]1Nc2ncnc(N)c2NC1=O. The van der Waals surface area contributed by atoms with Crippen molar-refractivity contribution in [1.82, 2.24) is 9.97 Å². The molecule has 1 aromatic rings. The van der Waals surface area contributed by atoms with Gasteiger partial charge >= 0.3 is 0 Å². The number of amides is 1. The Labute approximate surface area is 74.6 Å². The van der Waals surface area contributed by atoms with Crippen molar-refractivity contribution >= 4 is 23.2 Å². The summed E-state index contributed by atoms with van der Waals surface area (Å²) in [5, 5.41) is 5.53. The van der Waals surface area contributed by atoms with Crippen molar-refractivity contribution in [1.29, 1.82) is 0 Å². The Kier molecular flexibility index (Phi) is 1.54. The second kappa shape index (κ2) is 2.58. The van der Waals surface area contributed by atoms with Crippen LogP contribution in [0.2, 0.25) is 0 Å². The fourth-order valence-electron chi connectivity index (χ4n) is 1.13. The number of nitrogens with one attached hydrogen (secondary N) is 2. The topological polar surface area (TPSA) is 92.9 Å². The molecule has 1 aromatic heterocycles. The summed E-state index contributed by atoms with van der Waals surface area (Å²) in [7, 11) is 0. The van der Waals surface area contributed by atoms with Crippen LogP contribution in [0.4, 0.5) is 17.3 Å². The van der Waals surface area contributed by atoms with Gasteiger partial charge in [0.05, 0.1) is 0 Å². The van der Waals surface area contributed by atoms with E-state index in [2.05, 4.69) is 20.6 Å². The molecular formula is C7H9N5O. The summed E-state index contributed by atoms with van der Waals surface area (Å²) in [6.07, 6.45) is 1.35. The summed E-state index contributed by atoms with van der Waals surface area (Å²) >= 11 is 0. The number of rotatable bonds is 0. The van der Waals surface area contributed by atoms with Crippen LogP contribution in [0.1, 0.15) is 6.92 Å². The van der Waals surface area contributed by atoms with Crippen molar-refractivity contribution in [2.75, 3.05) is 16.4 Å². The van der Waals surface area contributed by atoms with Crippen molar-refractivity contribution in [3.63, 3.8) is 0 Å². The number of fused-ring (bicyclic) bond motifs is 1. The minimum Gasteiger partial charge on any atom is -0.382 e. The Bertz CT molecular complexity index is 364. The van der Waals surface area contributed by atoms with Gasteiger partial charge in [-0.3, -0.25) is 4.79 Å². The molecule has 68 valence electrons. The van der Waals surface area contributed by atoms with Crippen molar-refractivity contribution < 1.29 is 4.79 Å². The van der Waals surface area contributed by atoms with Crippen LogP contribution in [0.5, 0.6) is 0 Å². The number of nitrogens with zero attached hydrogens (tertiary/aromatic N) is 2. The van der Waals surface area contributed by atoms with E-state index in [9.17, 15) is 4.79 Å². The Morgan fingerprint density at radius 2 is 2.31 bits per heavy atom. The largest absolute Gasteiger partial charge is 0.382 e. The summed E-state index contributed by atoms with van der Waals surface area (Å²) in [5.74, 6) is 0.714. The number of nitrogens with two attached hydrogens (primary N) is 1. The zero-order valence-electron chi connectivity index (χ0n) is 7.03. The number of hydrogen-bond donors (Lipinski definition) is 3. The van der Waals surface area contributed by atoms with Gasteiger partial charge in [0.1, 0.15) is 18.1 Å². The number of hydrogen-bond acceptors (Lipinski definition) is 5. The third kappa shape index (κ3) is 1.16. The van der Waals surface area contributed by atoms with E-state index >= 15 is 0 Å². The van der Waals surface area contributed by atoms with Gasteiger partial charge in [0.15, 0.2) is 11.6 Å². The Morgan fingerprint density at radius 1 is 1.54 bits per heavy atom. The first kappa shape index (κ1) is 7.78. The molecule has 2 heterocycles. The number of carbonyl (C=O) groups is 1. The van der Waals surface area contributed by atoms with Crippen molar-refractivity contribution in [2.24, 2.45) is 0 Å². The molecule has 0 unspecified atom stereocenters. The highest BCUT2D eigenvalue weighted by atomic mass is 16.2. The lowest BCUT2D eigenvalue weighted by Gasteiger charge is -2.23. The molecular weight excluding hydrogens is 170 g/mol. The molecule has 0 bridgehead atoms. The van der Waals surface area contributed by atoms with Crippen LogP contribution in [0.15, 0.2) is 6.33 Å². The molecule has 1 atom stereocenters. The minimum atomic E-state index is -0.290. The molecule has 1 aliphatic rings. The number of anilines is 3. The molecule has 0 saturated carbocycles. The third-order valence-electron chi connectivity index (χ3n) is 1.87. The van der Waals surface area contributed by atoms with Gasteiger partial charge in [0.2, 0.25) is 5.91 Å². The van der Waals surface area contributed by atoms with E-state index in [1.807, 2.05) is 0 Å². The predicted molar refractivity (Wildman–Crippen MR) is 48.2 cm³/mol. The number of aromatic nitrogens is 2. The monoisotopic (exact) mass is 179 g/mol. The molecule has 2 rings (SSSR count). The minimum absolute atomic E-state index is 0.131. The predicted octanol–water partition coefficient (Wildman–Crippen LogP) is -0.189. The average Bonchev–Trinajstić information content (AvgIpc) is 2.09. The fourth-order valence-corrected chi connectivity index (χ4v) is 1.13. The van der Waals surface area contributed by atoms with Crippen LogP contribution < -0.4 is 16.4 Å². The summed E-state index contributed by atoms with van der Waals surface area (Å²) in [5.41, 5.74) is 6.01. The standard InChI is InChI=1S/C7H9N5O/c1-3-7(13)12-4-5(8)9-2-10-6(4)11-3/h2-3H,1H3,(H,12,13)(H3,8,9,10,11)/t3-/m0/s1. The Morgan fingerprint density at radius 3 is 3.08 bits per heavy atom. The first-order chi connectivity index (χ1) is 6.18. The summed E-state index contributed by atoms with van der Waals surface area (Å²) in [6.45, 7) is 1.75. The molecule has 4 N–H and O–H groups in total. The first-order valence-corrected chi connectivity index (χ1v) is 3.86. The van der Waals surface area contributed by atoms with Crippen LogP contribution in [0.3, 0.4) is 0 Å². The van der Waals surface area contributed by atoms with E-state index < -0.39 is 0 Å². The van der Waals surface area contributed by atoms with Gasteiger partial charge < -0.3 is 16.4 Å². The lowest BCUT2D eigenvalue weighted by atomic mass is 10.2. The Hall–Kier alpha value is -1.85. The molecule has 1 aliphatic heterocycles. The van der Waals surface area contributed by atoms with Crippen LogP contribution >= 0.6 is 0 Å². The molecule has 1 amide bonds. The van der Waals surface area contributed by atoms with E-state index in [1.54, 1.807) is 6.92 Å². The van der Waals surface area contributed by atoms with Crippen LogP contribution in [0, 0.1) is 0 Å². The maximum absolute atomic E-state index is 11.2. The van der Waals surface area contributed by atoms with E-state index in [0.29, 0.717) is 11.5 Å². The first-order valence-electron chi connectivity index (χ1n) is 3.86. The van der Waals surface area contributed by atoms with Gasteiger partial charge in [-0.1, -0.05) is 0 Å². The molecule has 0 radical (unpaired) electrons. The molecule has 0 spiro atoms. The van der Waals surface area contributed by atoms with Gasteiger partial charge in [0.25, 0.3) is 0 Å². The summed E-state index contributed by atoms with van der Waals surface area (Å²) < 4.78 is 0. The number of nitrogen functional groups attached to an aromatic ring is 1. The van der Waals surface area contributed by atoms with Gasteiger partial charge in [-0.05, 0) is 6.92 Å². The van der Waals surface area contributed by atoms with Crippen molar-refractivity contribution in [3.05, 3.63) is 6.33 Å². The second-order valence-corrected chi connectivity index (χ2v) is 2.84. The normalized spacial score (nSPS) is 20.1. The maximum Gasteiger partial charge on any atom is 0.246 e. The lowest BCUT2D eigenvalue weighted by molar-refractivity contribution is -0.116. The zero-order valence-corrected chi connectivity index (χ0v) is 7.03. The quantitative estimate of drug-likeness (QED) is 0.513. The fraction of sp³-hybridized carbons (Fsp3) is 0.286. The van der Waals surface area contributed by atoms with E-state index in [0.717, 1.165) is 0 Å². The zero-order chi connectivity index (χ0) is 9.42. The second-order valence-electron chi connectivity index (χ2n) is 2.84. The van der Waals surface area contributed by atoms with E-state index in [-0.39, 0.29) is 17.8 Å². The highest BCUT2D eigenvalue weighted by Gasteiger charge is 2.23. The summed E-state index contributed by atoms with van der Waals surface area (Å²) in [4.78, 5) is 18.9. The van der Waals surface area contributed by atoms with Crippen LogP contribution in [0.25, 0.3) is 0 Å². The molecule has 0 fully saturated rings. The maximum atomic E-state index is 11.2. The highest BCUT2D eigenvalue weighted by Crippen LogP contribution is 2.27. The van der Waals surface area contributed by atoms with Gasteiger partial charge in [-0.2, -0.15) is 0 Å². The molecule has 13 heavy (non-hydrogen) atoms. The molecule has 0 aliphatic carbocycles. The molecule has 6 heteroatoms. The number of carbonyl (C=O) groups excluding carboxylic acids is 1. The van der Waals surface area contributed by atoms with E-state index in [1.165, 1.54) is 6.33 Å². The van der Waals surface area contributed by atoms with Crippen LogP contribution in [-0.2, 0) is 4.79 Å².